The van der Waals surface area contributed by atoms with E-state index in [1.165, 1.54) is 0 Å². The van der Waals surface area contributed by atoms with Crippen molar-refractivity contribution in [3.8, 4) is 0 Å². The van der Waals surface area contributed by atoms with Crippen molar-refractivity contribution in [2.75, 3.05) is 0 Å². The molecule has 0 aromatic carbocycles. The number of nitrogens with zero attached hydrogens (tertiary/aromatic N) is 2. The first kappa shape index (κ1) is 9.24. The van der Waals surface area contributed by atoms with E-state index in [9.17, 15) is 4.79 Å². The van der Waals surface area contributed by atoms with Crippen LogP contribution in [0.5, 0.6) is 0 Å². The summed E-state index contributed by atoms with van der Waals surface area (Å²) in [7, 11) is 0. The zero-order valence-corrected chi connectivity index (χ0v) is 8.45. The van der Waals surface area contributed by atoms with E-state index in [4.69, 9.17) is 5.73 Å². The lowest BCUT2D eigenvalue weighted by atomic mass is 9.78. The summed E-state index contributed by atoms with van der Waals surface area (Å²) in [5, 5.41) is 0. The Hall–Kier alpha value is -1.32. The molecule has 2 heterocycles. The van der Waals surface area contributed by atoms with Crippen LogP contribution in [-0.4, -0.2) is 15.5 Å². The molecule has 1 radical (unpaired) electrons. The molecule has 0 saturated carbocycles. The average molecular weight is 192 g/mol. The Kier molecular flexibility index (Phi) is 1.87. The molecule has 75 valence electrons. The summed E-state index contributed by atoms with van der Waals surface area (Å²) in [6, 6.07) is 0. The SMILES string of the molecule is CC1(C)CC(C(N)=O)c2[c]ncn2C1. The van der Waals surface area contributed by atoms with Crippen LogP contribution in [0.4, 0.5) is 0 Å². The van der Waals surface area contributed by atoms with E-state index in [1.807, 2.05) is 4.57 Å². The summed E-state index contributed by atoms with van der Waals surface area (Å²) in [6.45, 7) is 5.14. The zero-order chi connectivity index (χ0) is 10.3. The van der Waals surface area contributed by atoms with Gasteiger partial charge in [0.15, 0.2) is 0 Å². The molecule has 2 rings (SSSR count). The number of rotatable bonds is 1. The van der Waals surface area contributed by atoms with Gasteiger partial charge >= 0.3 is 0 Å². The monoisotopic (exact) mass is 192 g/mol. The minimum Gasteiger partial charge on any atom is -0.369 e. The van der Waals surface area contributed by atoms with Crippen LogP contribution < -0.4 is 5.73 Å². The molecular weight excluding hydrogens is 178 g/mol. The minimum absolute atomic E-state index is 0.0984. The summed E-state index contributed by atoms with van der Waals surface area (Å²) < 4.78 is 1.97. The van der Waals surface area contributed by atoms with E-state index in [1.54, 1.807) is 6.33 Å². The summed E-state index contributed by atoms with van der Waals surface area (Å²) in [5.74, 6) is -0.517. The van der Waals surface area contributed by atoms with Crippen LogP contribution in [0.2, 0.25) is 0 Å². The molecule has 2 N–H and O–H groups in total. The third-order valence-electron chi connectivity index (χ3n) is 2.71. The fraction of sp³-hybridized carbons (Fsp3) is 0.600. The molecule has 0 spiro atoms. The number of carbonyl (C=O) groups excluding carboxylic acids is 1. The van der Waals surface area contributed by atoms with Gasteiger partial charge in [-0.3, -0.25) is 4.79 Å². The molecule has 4 heteroatoms. The lowest BCUT2D eigenvalue weighted by Gasteiger charge is -2.34. The number of amides is 1. The lowest BCUT2D eigenvalue weighted by molar-refractivity contribution is -0.120. The van der Waals surface area contributed by atoms with Crippen molar-refractivity contribution in [3.63, 3.8) is 0 Å². The summed E-state index contributed by atoms with van der Waals surface area (Å²) in [6.07, 6.45) is 5.34. The Morgan fingerprint density at radius 3 is 3.14 bits per heavy atom. The molecule has 1 aliphatic heterocycles. The van der Waals surface area contributed by atoms with E-state index < -0.39 is 0 Å². The van der Waals surface area contributed by atoms with Crippen LogP contribution in [0.3, 0.4) is 0 Å². The average Bonchev–Trinajstić information content (AvgIpc) is 2.47. The molecule has 1 atom stereocenters. The second-order valence-corrected chi connectivity index (χ2v) is 4.69. The number of nitrogens with two attached hydrogens (primary N) is 1. The number of aromatic nitrogens is 2. The van der Waals surface area contributed by atoms with Gasteiger partial charge in [0.1, 0.15) is 6.20 Å². The zero-order valence-electron chi connectivity index (χ0n) is 8.45. The van der Waals surface area contributed by atoms with Crippen LogP contribution in [0.1, 0.15) is 31.9 Å². The number of fused-ring (bicyclic) bond motifs is 1. The highest BCUT2D eigenvalue weighted by atomic mass is 16.1. The van der Waals surface area contributed by atoms with Gasteiger partial charge in [0, 0.05) is 6.54 Å². The van der Waals surface area contributed by atoms with Gasteiger partial charge in [0.2, 0.25) is 5.91 Å². The van der Waals surface area contributed by atoms with Crippen molar-refractivity contribution in [2.45, 2.75) is 32.7 Å². The molecule has 1 aliphatic rings. The molecule has 1 amide bonds. The van der Waals surface area contributed by atoms with Crippen molar-refractivity contribution in [2.24, 2.45) is 11.1 Å². The molecule has 1 unspecified atom stereocenters. The fourth-order valence-electron chi connectivity index (χ4n) is 2.11. The van der Waals surface area contributed by atoms with Crippen LogP contribution in [0.25, 0.3) is 0 Å². The van der Waals surface area contributed by atoms with Crippen molar-refractivity contribution in [1.82, 2.24) is 9.55 Å². The topological polar surface area (TPSA) is 60.9 Å². The number of imidazole rings is 1. The molecule has 0 saturated heterocycles. The maximum absolute atomic E-state index is 11.3. The summed E-state index contributed by atoms with van der Waals surface area (Å²) in [4.78, 5) is 15.2. The number of carbonyl (C=O) groups is 1. The van der Waals surface area contributed by atoms with Gasteiger partial charge in [-0.2, -0.15) is 0 Å². The largest absolute Gasteiger partial charge is 0.369 e. The molecule has 1 aromatic heterocycles. The molecule has 0 fully saturated rings. The molecular formula is C10H14N3O. The number of hydrogen-bond donors (Lipinski definition) is 1. The second-order valence-electron chi connectivity index (χ2n) is 4.69. The fourth-order valence-corrected chi connectivity index (χ4v) is 2.11. The molecule has 1 aromatic rings. The number of primary amides is 1. The highest BCUT2D eigenvalue weighted by Gasteiger charge is 2.35. The predicted molar refractivity (Wildman–Crippen MR) is 51.4 cm³/mol. The lowest BCUT2D eigenvalue weighted by Crippen LogP contribution is -2.35. The molecule has 14 heavy (non-hydrogen) atoms. The van der Waals surface area contributed by atoms with Crippen molar-refractivity contribution >= 4 is 5.91 Å². The Morgan fingerprint density at radius 2 is 2.50 bits per heavy atom. The Bertz CT molecular complexity index is 367. The van der Waals surface area contributed by atoms with Gasteiger partial charge in [-0.25, -0.2) is 4.98 Å². The first-order valence-corrected chi connectivity index (χ1v) is 4.72. The van der Waals surface area contributed by atoms with Gasteiger partial charge in [0.25, 0.3) is 0 Å². The first-order chi connectivity index (χ1) is 6.49. The highest BCUT2D eigenvalue weighted by Crippen LogP contribution is 2.37. The Morgan fingerprint density at radius 1 is 1.79 bits per heavy atom. The minimum atomic E-state index is -0.282. The normalized spacial score (nSPS) is 24.3. The van der Waals surface area contributed by atoms with Crippen LogP contribution >= 0.6 is 0 Å². The maximum atomic E-state index is 11.3. The Labute approximate surface area is 83.1 Å². The summed E-state index contributed by atoms with van der Waals surface area (Å²) >= 11 is 0. The van der Waals surface area contributed by atoms with E-state index >= 15 is 0 Å². The van der Waals surface area contributed by atoms with E-state index in [0.717, 1.165) is 18.7 Å². The quantitative estimate of drug-likeness (QED) is 0.711. The Balaban J connectivity index is 2.42. The van der Waals surface area contributed by atoms with Crippen molar-refractivity contribution in [1.29, 1.82) is 0 Å². The van der Waals surface area contributed by atoms with Gasteiger partial charge in [-0.15, -0.1) is 0 Å². The molecule has 4 nitrogen and oxygen atoms in total. The molecule has 0 aliphatic carbocycles. The first-order valence-electron chi connectivity index (χ1n) is 4.72. The van der Waals surface area contributed by atoms with Crippen LogP contribution in [-0.2, 0) is 11.3 Å². The number of hydrogen-bond acceptors (Lipinski definition) is 2. The highest BCUT2D eigenvalue weighted by molar-refractivity contribution is 5.81. The van der Waals surface area contributed by atoms with Crippen molar-refractivity contribution < 1.29 is 4.79 Å². The third kappa shape index (κ3) is 1.41. The predicted octanol–water partition coefficient (Wildman–Crippen LogP) is 0.682. The summed E-state index contributed by atoms with van der Waals surface area (Å²) in [5.41, 5.74) is 6.29. The van der Waals surface area contributed by atoms with Gasteiger partial charge < -0.3 is 10.3 Å². The smallest absolute Gasteiger partial charge is 0.226 e. The van der Waals surface area contributed by atoms with E-state index in [0.29, 0.717) is 0 Å². The van der Waals surface area contributed by atoms with Gasteiger partial charge in [-0.05, 0) is 11.8 Å². The second kappa shape index (κ2) is 2.83. The van der Waals surface area contributed by atoms with E-state index in [2.05, 4.69) is 25.0 Å². The molecule has 0 bridgehead atoms. The third-order valence-corrected chi connectivity index (χ3v) is 2.71. The van der Waals surface area contributed by atoms with Crippen molar-refractivity contribution in [3.05, 3.63) is 18.2 Å². The van der Waals surface area contributed by atoms with Crippen LogP contribution in [0, 0.1) is 11.6 Å². The standard InChI is InChI=1S/C10H14N3O/c1-10(2)3-7(9(11)14)8-4-12-6-13(8)5-10/h6-7H,3,5H2,1-2H3,(H2,11,14). The van der Waals surface area contributed by atoms with Gasteiger partial charge in [0.05, 0.1) is 17.9 Å². The van der Waals surface area contributed by atoms with Gasteiger partial charge in [-0.1, -0.05) is 13.8 Å². The maximum Gasteiger partial charge on any atom is 0.226 e. The van der Waals surface area contributed by atoms with Crippen LogP contribution in [0.15, 0.2) is 6.33 Å². The van der Waals surface area contributed by atoms with E-state index in [-0.39, 0.29) is 17.2 Å².